The lowest BCUT2D eigenvalue weighted by Gasteiger charge is -2.16. The fraction of sp³-hybridized carbons (Fsp3) is 0.136. The van der Waals surface area contributed by atoms with Crippen molar-refractivity contribution in [2.45, 2.75) is 0 Å². The van der Waals surface area contributed by atoms with Crippen molar-refractivity contribution in [2.24, 2.45) is 4.99 Å². The molecule has 8 heteroatoms. The minimum absolute atomic E-state index is 0.242. The number of hydrogen-bond acceptors (Lipinski definition) is 6. The van der Waals surface area contributed by atoms with E-state index in [0.717, 1.165) is 46.5 Å². The van der Waals surface area contributed by atoms with Gasteiger partial charge in [0.15, 0.2) is 5.17 Å². The number of hydrogen-bond donors (Lipinski definition) is 2. The number of carbonyl (C=O) groups is 1. The maximum atomic E-state index is 12.6. The van der Waals surface area contributed by atoms with Gasteiger partial charge in [-0.25, -0.2) is 0 Å². The molecule has 0 bridgehead atoms. The van der Waals surface area contributed by atoms with E-state index >= 15 is 0 Å². The highest BCUT2D eigenvalue weighted by Crippen LogP contribution is 2.35. The van der Waals surface area contributed by atoms with E-state index in [4.69, 9.17) is 4.74 Å². The van der Waals surface area contributed by atoms with E-state index in [0.29, 0.717) is 11.4 Å². The monoisotopic (exact) mass is 417 g/mol. The van der Waals surface area contributed by atoms with Crippen molar-refractivity contribution in [3.63, 3.8) is 0 Å². The number of amides is 1. The highest BCUT2D eigenvalue weighted by molar-refractivity contribution is 8.16. The number of fused-ring (bicyclic) bond motifs is 1. The van der Waals surface area contributed by atoms with Gasteiger partial charge in [0.25, 0.3) is 5.91 Å². The molecule has 2 N–H and O–H groups in total. The zero-order chi connectivity index (χ0) is 20.5. The number of methoxy groups -OCH3 is 1. The summed E-state index contributed by atoms with van der Waals surface area (Å²) in [6, 6.07) is 17.1. The molecule has 5 rings (SSSR count). The molecule has 0 radical (unpaired) electrons. The lowest BCUT2D eigenvalue weighted by atomic mass is 10.1. The predicted octanol–water partition coefficient (Wildman–Crippen LogP) is 4.05. The molecule has 30 heavy (non-hydrogen) atoms. The van der Waals surface area contributed by atoms with Crippen LogP contribution in [0, 0.1) is 0 Å². The number of aromatic nitrogens is 2. The summed E-state index contributed by atoms with van der Waals surface area (Å²) < 4.78 is 5.25. The third kappa shape index (κ3) is 3.46. The summed E-state index contributed by atoms with van der Waals surface area (Å²) in [6.07, 6.45) is 0. The van der Waals surface area contributed by atoms with E-state index in [1.165, 1.54) is 0 Å². The molecule has 0 saturated heterocycles. The normalized spacial score (nSPS) is 14.9. The molecule has 3 heterocycles. The number of benzene rings is 2. The molecule has 150 valence electrons. The average molecular weight is 417 g/mol. The van der Waals surface area contributed by atoms with Crippen molar-refractivity contribution in [2.75, 3.05) is 25.5 Å². The molecule has 0 unspecified atom stereocenters. The van der Waals surface area contributed by atoms with Crippen LogP contribution < -0.4 is 10.1 Å². The topological polar surface area (TPSA) is 82.6 Å². The van der Waals surface area contributed by atoms with Crippen molar-refractivity contribution in [3.05, 3.63) is 71.3 Å². The molecule has 2 aromatic carbocycles. The summed E-state index contributed by atoms with van der Waals surface area (Å²) in [7, 11) is 1.62. The van der Waals surface area contributed by atoms with Gasteiger partial charge >= 0.3 is 0 Å². The molecular weight excluding hydrogens is 398 g/mol. The van der Waals surface area contributed by atoms with Crippen LogP contribution in [-0.4, -0.2) is 46.4 Å². The second-order valence-electron chi connectivity index (χ2n) is 6.87. The van der Waals surface area contributed by atoms with Crippen LogP contribution in [0.3, 0.4) is 0 Å². The van der Waals surface area contributed by atoms with E-state index in [2.05, 4.69) is 30.8 Å². The molecule has 0 spiro atoms. The van der Waals surface area contributed by atoms with Crippen LogP contribution in [0.2, 0.25) is 0 Å². The van der Waals surface area contributed by atoms with E-state index < -0.39 is 0 Å². The minimum Gasteiger partial charge on any atom is -0.497 e. The van der Waals surface area contributed by atoms with E-state index in [1.807, 2.05) is 48.5 Å². The Balaban J connectivity index is 1.28. The lowest BCUT2D eigenvalue weighted by Crippen LogP contribution is -2.19. The SMILES string of the molecule is COc1cccc(-c2cc(C(=O)Nc3ccc(C4=CSC5=NCCN45)cc3)[nH]n2)c1. The Hall–Kier alpha value is -3.52. The molecule has 1 aromatic heterocycles. The first-order valence-electron chi connectivity index (χ1n) is 9.52. The maximum Gasteiger partial charge on any atom is 0.273 e. The third-order valence-electron chi connectivity index (χ3n) is 4.99. The van der Waals surface area contributed by atoms with Gasteiger partial charge in [-0.15, -0.1) is 0 Å². The number of thioether (sulfide) groups is 1. The van der Waals surface area contributed by atoms with Crippen LogP contribution in [0.1, 0.15) is 16.1 Å². The number of H-pyrrole nitrogens is 1. The summed E-state index contributed by atoms with van der Waals surface area (Å²) in [5.41, 5.74) is 4.94. The van der Waals surface area contributed by atoms with Crippen molar-refractivity contribution in [1.29, 1.82) is 0 Å². The van der Waals surface area contributed by atoms with Crippen molar-refractivity contribution in [3.8, 4) is 17.0 Å². The van der Waals surface area contributed by atoms with Crippen LogP contribution >= 0.6 is 11.8 Å². The number of amidine groups is 1. The van der Waals surface area contributed by atoms with E-state index in [1.54, 1.807) is 24.9 Å². The number of rotatable bonds is 5. The third-order valence-corrected chi connectivity index (χ3v) is 5.90. The Bertz CT molecular complexity index is 1170. The van der Waals surface area contributed by atoms with Crippen LogP contribution in [0.4, 0.5) is 5.69 Å². The summed E-state index contributed by atoms with van der Waals surface area (Å²) >= 11 is 1.66. The van der Waals surface area contributed by atoms with Crippen molar-refractivity contribution in [1.82, 2.24) is 15.1 Å². The number of ether oxygens (including phenoxy) is 1. The maximum absolute atomic E-state index is 12.6. The van der Waals surface area contributed by atoms with Gasteiger partial charge in [-0.05, 0) is 35.9 Å². The van der Waals surface area contributed by atoms with Crippen LogP contribution in [0.15, 0.2) is 65.0 Å². The summed E-state index contributed by atoms with van der Waals surface area (Å²) in [6.45, 7) is 1.76. The fourth-order valence-corrected chi connectivity index (χ4v) is 4.40. The van der Waals surface area contributed by atoms with Gasteiger partial charge in [-0.3, -0.25) is 14.9 Å². The Morgan fingerprint density at radius 2 is 2.03 bits per heavy atom. The first-order valence-corrected chi connectivity index (χ1v) is 10.4. The Labute approximate surface area is 177 Å². The molecule has 0 aliphatic carbocycles. The quantitative estimate of drug-likeness (QED) is 0.654. The van der Waals surface area contributed by atoms with Crippen LogP contribution in [-0.2, 0) is 0 Å². The number of anilines is 1. The fourth-order valence-electron chi connectivity index (χ4n) is 3.44. The number of nitrogens with one attached hydrogen (secondary N) is 2. The molecule has 1 amide bonds. The highest BCUT2D eigenvalue weighted by atomic mass is 32.2. The number of aliphatic imine (C=N–C) groups is 1. The van der Waals surface area contributed by atoms with Crippen molar-refractivity contribution < 1.29 is 9.53 Å². The smallest absolute Gasteiger partial charge is 0.273 e. The zero-order valence-electron chi connectivity index (χ0n) is 16.3. The van der Waals surface area contributed by atoms with E-state index in [-0.39, 0.29) is 5.91 Å². The molecule has 0 saturated carbocycles. The molecule has 2 aliphatic rings. The molecule has 3 aromatic rings. The van der Waals surface area contributed by atoms with Gasteiger partial charge in [-0.2, -0.15) is 5.10 Å². The predicted molar refractivity (Wildman–Crippen MR) is 120 cm³/mol. The van der Waals surface area contributed by atoms with Gasteiger partial charge in [0, 0.05) is 23.2 Å². The first-order chi connectivity index (χ1) is 14.7. The van der Waals surface area contributed by atoms with E-state index in [9.17, 15) is 4.79 Å². The molecule has 0 atom stereocenters. The second-order valence-corrected chi connectivity index (χ2v) is 7.70. The van der Waals surface area contributed by atoms with Gasteiger partial charge in [0.1, 0.15) is 11.4 Å². The average Bonchev–Trinajstić information content (AvgIpc) is 3.51. The molecule has 2 aliphatic heterocycles. The number of nitrogens with zero attached hydrogens (tertiary/aromatic N) is 3. The lowest BCUT2D eigenvalue weighted by molar-refractivity contribution is 0.102. The Kier molecular flexibility index (Phi) is 4.76. The van der Waals surface area contributed by atoms with Crippen molar-refractivity contribution >= 4 is 34.2 Å². The number of aromatic amines is 1. The van der Waals surface area contributed by atoms with Gasteiger partial charge in [-0.1, -0.05) is 36.0 Å². The summed E-state index contributed by atoms with van der Waals surface area (Å²) in [5, 5.41) is 13.2. The highest BCUT2D eigenvalue weighted by Gasteiger charge is 2.26. The molecular formula is C22H19N5O2S. The largest absolute Gasteiger partial charge is 0.497 e. The summed E-state index contributed by atoms with van der Waals surface area (Å²) in [4.78, 5) is 19.3. The van der Waals surface area contributed by atoms with Crippen LogP contribution in [0.25, 0.3) is 17.0 Å². The standard InChI is InChI=1S/C22H19N5O2S/c1-29-17-4-2-3-15(11-17)18-12-19(26-25-18)21(28)24-16-7-5-14(6-8-16)20-13-30-22-23-9-10-27(20)22/h2-8,11-13H,9-10H2,1H3,(H,24,28)(H,25,26). The second kappa shape index (κ2) is 7.72. The first kappa shape index (κ1) is 18.5. The number of carbonyl (C=O) groups excluding carboxylic acids is 1. The zero-order valence-corrected chi connectivity index (χ0v) is 17.1. The van der Waals surface area contributed by atoms with Gasteiger partial charge < -0.3 is 15.0 Å². The Morgan fingerprint density at radius 3 is 2.87 bits per heavy atom. The minimum atomic E-state index is -0.242. The van der Waals surface area contributed by atoms with Gasteiger partial charge in [0.2, 0.25) is 0 Å². The van der Waals surface area contributed by atoms with Gasteiger partial charge in [0.05, 0.1) is 25.0 Å². The Morgan fingerprint density at radius 1 is 1.17 bits per heavy atom. The van der Waals surface area contributed by atoms with Crippen LogP contribution in [0.5, 0.6) is 5.75 Å². The molecule has 0 fully saturated rings. The molecule has 7 nitrogen and oxygen atoms in total. The summed E-state index contributed by atoms with van der Waals surface area (Å²) in [5.74, 6) is 0.499.